The maximum atomic E-state index is 13.1. The second-order valence-electron chi connectivity index (χ2n) is 10.2. The predicted octanol–water partition coefficient (Wildman–Crippen LogP) is 3.79. The first-order valence-electron chi connectivity index (χ1n) is 13.4. The van der Waals surface area contributed by atoms with Crippen molar-refractivity contribution in [2.24, 2.45) is 0 Å². The van der Waals surface area contributed by atoms with Crippen molar-refractivity contribution in [2.75, 3.05) is 25.0 Å². The first-order chi connectivity index (χ1) is 20.0. The largest absolute Gasteiger partial charge is 0.445 e. The minimum atomic E-state index is -0.803. The standard InChI is InChI=1S/C28H26BrN9O3/c29-21-8-4-7-20-23(21)33-27(38-25(20)34-24(35-38)18-13-31-37(14-18)19-9-10-19)32-22-15-36(12-11-30-26(22)39)28(40)41-16-17-5-2-1-3-6-17/h1-8,13-14,19,22H,9-12,15-16H2,(H,30,39)(H,32,33)/t22-/m0/s1. The third-order valence-corrected chi connectivity index (χ3v) is 7.84. The molecule has 7 rings (SSSR count). The third-order valence-electron chi connectivity index (χ3n) is 7.20. The van der Waals surface area contributed by atoms with Crippen LogP contribution in [0, 0.1) is 0 Å². The number of benzene rings is 2. The van der Waals surface area contributed by atoms with E-state index in [9.17, 15) is 9.59 Å². The van der Waals surface area contributed by atoms with Crippen molar-refractivity contribution in [3.63, 3.8) is 0 Å². The van der Waals surface area contributed by atoms with Gasteiger partial charge in [-0.05, 0) is 46.5 Å². The number of ether oxygens (including phenoxy) is 1. The molecule has 12 nitrogen and oxygen atoms in total. The van der Waals surface area contributed by atoms with E-state index >= 15 is 0 Å². The zero-order chi connectivity index (χ0) is 27.9. The molecule has 3 aromatic heterocycles. The summed E-state index contributed by atoms with van der Waals surface area (Å²) in [5, 5.41) is 16.2. The summed E-state index contributed by atoms with van der Waals surface area (Å²) in [7, 11) is 0. The van der Waals surface area contributed by atoms with Gasteiger partial charge in [0.15, 0.2) is 11.5 Å². The van der Waals surface area contributed by atoms with Gasteiger partial charge in [-0.2, -0.15) is 9.61 Å². The van der Waals surface area contributed by atoms with Crippen LogP contribution in [0.25, 0.3) is 27.9 Å². The minimum Gasteiger partial charge on any atom is -0.445 e. The minimum absolute atomic E-state index is 0.0896. The average molecular weight is 616 g/mol. The molecule has 208 valence electrons. The van der Waals surface area contributed by atoms with Crippen LogP contribution in [-0.2, 0) is 16.1 Å². The summed E-state index contributed by atoms with van der Waals surface area (Å²) >= 11 is 3.60. The van der Waals surface area contributed by atoms with Gasteiger partial charge in [0.05, 0.1) is 29.9 Å². The Bertz CT molecular complexity index is 1770. The number of carbonyl (C=O) groups excluding carboxylic acids is 2. The number of amides is 2. The normalized spacial score (nSPS) is 17.4. The van der Waals surface area contributed by atoms with Gasteiger partial charge in [-0.15, -0.1) is 5.10 Å². The van der Waals surface area contributed by atoms with Crippen molar-refractivity contribution < 1.29 is 14.3 Å². The lowest BCUT2D eigenvalue weighted by molar-refractivity contribution is -0.121. The summed E-state index contributed by atoms with van der Waals surface area (Å²) in [4.78, 5) is 37.2. The molecule has 2 aliphatic rings. The number of para-hydroxylation sites is 1. The fraction of sp³-hybridized carbons (Fsp3) is 0.286. The van der Waals surface area contributed by atoms with E-state index in [1.807, 2.05) is 59.4 Å². The van der Waals surface area contributed by atoms with Crippen LogP contribution in [0.4, 0.5) is 10.7 Å². The van der Waals surface area contributed by atoms with E-state index in [0.717, 1.165) is 33.8 Å². The lowest BCUT2D eigenvalue weighted by Crippen LogP contribution is -2.44. The Morgan fingerprint density at radius 1 is 1.12 bits per heavy atom. The maximum Gasteiger partial charge on any atom is 0.410 e. The SMILES string of the molecule is O=C1NCCN(C(=O)OCc2ccccc2)C[C@@H]1Nc1nc2c(Br)cccc2c2nc(-c3cnn(C4CC4)c3)nn12. The molecule has 2 amide bonds. The molecule has 0 spiro atoms. The van der Waals surface area contributed by atoms with Gasteiger partial charge in [-0.1, -0.05) is 36.4 Å². The summed E-state index contributed by atoms with van der Waals surface area (Å²) in [6.45, 7) is 0.867. The Kier molecular flexibility index (Phi) is 6.50. The Morgan fingerprint density at radius 2 is 1.98 bits per heavy atom. The second kappa shape index (κ2) is 10.5. The first kappa shape index (κ1) is 25.4. The summed E-state index contributed by atoms with van der Waals surface area (Å²) in [6.07, 6.45) is 5.48. The monoisotopic (exact) mass is 615 g/mol. The van der Waals surface area contributed by atoms with Gasteiger partial charge < -0.3 is 20.3 Å². The number of hydrogen-bond donors (Lipinski definition) is 2. The molecule has 1 saturated heterocycles. The molecule has 13 heteroatoms. The molecular formula is C28H26BrN9O3. The van der Waals surface area contributed by atoms with Crippen LogP contribution < -0.4 is 10.6 Å². The van der Waals surface area contributed by atoms with Crippen LogP contribution in [0.5, 0.6) is 0 Å². The number of rotatable bonds is 6. The van der Waals surface area contributed by atoms with Crippen molar-refractivity contribution in [3.8, 4) is 11.4 Å². The second-order valence-corrected chi connectivity index (χ2v) is 11.0. The van der Waals surface area contributed by atoms with Gasteiger partial charge in [-0.25, -0.2) is 14.8 Å². The fourth-order valence-electron chi connectivity index (χ4n) is 4.88. The Morgan fingerprint density at radius 3 is 2.80 bits per heavy atom. The Hall–Kier alpha value is -4.52. The van der Waals surface area contributed by atoms with E-state index in [1.165, 1.54) is 4.90 Å². The molecule has 2 aromatic carbocycles. The molecule has 4 heterocycles. The molecule has 2 N–H and O–H groups in total. The van der Waals surface area contributed by atoms with E-state index in [4.69, 9.17) is 19.8 Å². The number of carbonyl (C=O) groups is 2. The van der Waals surface area contributed by atoms with Gasteiger partial charge in [0, 0.05) is 29.1 Å². The van der Waals surface area contributed by atoms with Crippen LogP contribution in [0.1, 0.15) is 24.4 Å². The van der Waals surface area contributed by atoms with Crippen LogP contribution in [-0.4, -0.2) is 71.9 Å². The van der Waals surface area contributed by atoms with Crippen molar-refractivity contribution in [1.82, 2.24) is 39.6 Å². The molecule has 41 heavy (non-hydrogen) atoms. The van der Waals surface area contributed by atoms with Crippen LogP contribution >= 0.6 is 15.9 Å². The molecule has 1 aliphatic heterocycles. The number of nitrogens with one attached hydrogen (secondary N) is 2. The summed E-state index contributed by atoms with van der Waals surface area (Å²) in [5.74, 6) is 0.578. The molecule has 5 aromatic rings. The third kappa shape index (κ3) is 5.08. The van der Waals surface area contributed by atoms with Gasteiger partial charge in [0.1, 0.15) is 12.6 Å². The van der Waals surface area contributed by atoms with E-state index in [-0.39, 0.29) is 19.1 Å². The highest BCUT2D eigenvalue weighted by molar-refractivity contribution is 9.10. The highest BCUT2D eigenvalue weighted by Crippen LogP contribution is 2.35. The number of hydrogen-bond acceptors (Lipinski definition) is 8. The van der Waals surface area contributed by atoms with E-state index in [1.54, 1.807) is 10.7 Å². The molecule has 1 saturated carbocycles. The van der Waals surface area contributed by atoms with Gasteiger partial charge >= 0.3 is 6.09 Å². The van der Waals surface area contributed by atoms with Crippen molar-refractivity contribution in [2.45, 2.75) is 31.5 Å². The summed E-state index contributed by atoms with van der Waals surface area (Å²) in [5.41, 5.74) is 2.94. The summed E-state index contributed by atoms with van der Waals surface area (Å²) in [6, 6.07) is 14.9. The topological polar surface area (TPSA) is 132 Å². The number of nitrogens with zero attached hydrogens (tertiary/aromatic N) is 7. The highest BCUT2D eigenvalue weighted by Gasteiger charge is 2.30. The lowest BCUT2D eigenvalue weighted by atomic mass is 10.2. The first-order valence-corrected chi connectivity index (χ1v) is 14.2. The van der Waals surface area contributed by atoms with Crippen molar-refractivity contribution >= 4 is 50.4 Å². The fourth-order valence-corrected chi connectivity index (χ4v) is 5.33. The molecule has 2 fully saturated rings. The van der Waals surface area contributed by atoms with Crippen LogP contribution in [0.2, 0.25) is 0 Å². The zero-order valence-corrected chi connectivity index (χ0v) is 23.5. The van der Waals surface area contributed by atoms with Crippen molar-refractivity contribution in [1.29, 1.82) is 0 Å². The van der Waals surface area contributed by atoms with Gasteiger partial charge in [0.2, 0.25) is 11.9 Å². The number of fused-ring (bicyclic) bond motifs is 3. The maximum absolute atomic E-state index is 13.1. The predicted molar refractivity (Wildman–Crippen MR) is 154 cm³/mol. The number of halogens is 1. The van der Waals surface area contributed by atoms with Crippen LogP contribution in [0.3, 0.4) is 0 Å². The Labute approximate surface area is 242 Å². The van der Waals surface area contributed by atoms with E-state index < -0.39 is 12.1 Å². The molecule has 0 radical (unpaired) electrons. The van der Waals surface area contributed by atoms with Gasteiger partial charge in [-0.3, -0.25) is 9.48 Å². The quantitative estimate of drug-likeness (QED) is 0.295. The number of aromatic nitrogens is 6. The summed E-state index contributed by atoms with van der Waals surface area (Å²) < 4.78 is 9.88. The van der Waals surface area contributed by atoms with Crippen molar-refractivity contribution in [3.05, 3.63) is 71.0 Å². The zero-order valence-electron chi connectivity index (χ0n) is 21.9. The molecule has 1 atom stereocenters. The molecule has 0 unspecified atom stereocenters. The molecule has 0 bridgehead atoms. The molecule has 1 aliphatic carbocycles. The smallest absolute Gasteiger partial charge is 0.410 e. The van der Waals surface area contributed by atoms with E-state index in [2.05, 4.69) is 31.7 Å². The molecular weight excluding hydrogens is 590 g/mol. The Balaban J connectivity index is 1.20. The van der Waals surface area contributed by atoms with Crippen LogP contribution in [0.15, 0.2) is 65.4 Å². The lowest BCUT2D eigenvalue weighted by Gasteiger charge is -2.23. The highest BCUT2D eigenvalue weighted by atomic mass is 79.9. The van der Waals surface area contributed by atoms with E-state index in [0.29, 0.717) is 42.1 Å². The van der Waals surface area contributed by atoms with Gasteiger partial charge in [0.25, 0.3) is 0 Å². The number of anilines is 1. The average Bonchev–Trinajstić information content (AvgIpc) is 3.59.